The van der Waals surface area contributed by atoms with Crippen molar-refractivity contribution < 1.29 is 18.9 Å². The second kappa shape index (κ2) is 9.05. The van der Waals surface area contributed by atoms with E-state index in [0.29, 0.717) is 18.8 Å². The van der Waals surface area contributed by atoms with Crippen molar-refractivity contribution in [3.8, 4) is 5.75 Å². The van der Waals surface area contributed by atoms with Gasteiger partial charge in [-0.05, 0) is 49.6 Å². The standard InChI is InChI=1S/C20H22N4O5/c1-14-4-6-18(17(10-14)24(26)27)28-13-16-5-7-19(29-16)20(25)21-8-3-9-23-12-15(2)11-22-23/h4-7,10-12H,3,8-9,13H2,1-2H3,(H,21,25). The Balaban J connectivity index is 1.49. The smallest absolute Gasteiger partial charge is 0.311 e. The fourth-order valence-electron chi connectivity index (χ4n) is 2.74. The zero-order valence-corrected chi connectivity index (χ0v) is 16.3. The lowest BCUT2D eigenvalue weighted by atomic mass is 10.2. The van der Waals surface area contributed by atoms with E-state index in [9.17, 15) is 14.9 Å². The number of hydrogen-bond acceptors (Lipinski definition) is 6. The average Bonchev–Trinajstić information content (AvgIpc) is 3.33. The van der Waals surface area contributed by atoms with Crippen molar-refractivity contribution >= 4 is 11.6 Å². The van der Waals surface area contributed by atoms with Crippen molar-refractivity contribution in [1.82, 2.24) is 15.1 Å². The fourth-order valence-corrected chi connectivity index (χ4v) is 2.74. The summed E-state index contributed by atoms with van der Waals surface area (Å²) in [6.45, 7) is 4.92. The first kappa shape index (κ1) is 20.1. The molecule has 0 aliphatic heterocycles. The van der Waals surface area contributed by atoms with Gasteiger partial charge in [0.25, 0.3) is 5.91 Å². The monoisotopic (exact) mass is 398 g/mol. The first-order valence-corrected chi connectivity index (χ1v) is 9.16. The molecule has 9 heteroatoms. The predicted molar refractivity (Wildman–Crippen MR) is 105 cm³/mol. The Labute approximate surface area is 167 Å². The second-order valence-corrected chi connectivity index (χ2v) is 6.67. The van der Waals surface area contributed by atoms with Gasteiger partial charge in [-0.1, -0.05) is 6.07 Å². The summed E-state index contributed by atoms with van der Waals surface area (Å²) in [5.41, 5.74) is 1.75. The van der Waals surface area contributed by atoms with Gasteiger partial charge in [0.2, 0.25) is 0 Å². The number of rotatable bonds is 9. The molecule has 0 saturated heterocycles. The minimum Gasteiger partial charge on any atom is -0.479 e. The van der Waals surface area contributed by atoms with E-state index in [0.717, 1.165) is 17.5 Å². The number of nitrogens with zero attached hydrogens (tertiary/aromatic N) is 3. The molecule has 3 aromatic rings. The summed E-state index contributed by atoms with van der Waals surface area (Å²) in [5.74, 6) is 0.389. The Hall–Kier alpha value is -3.62. The molecule has 1 N–H and O–H groups in total. The quantitative estimate of drug-likeness (QED) is 0.336. The van der Waals surface area contributed by atoms with E-state index in [2.05, 4.69) is 10.4 Å². The molecule has 0 spiro atoms. The summed E-state index contributed by atoms with van der Waals surface area (Å²) in [4.78, 5) is 22.8. The summed E-state index contributed by atoms with van der Waals surface area (Å²) in [5, 5.41) is 18.1. The molecular formula is C20H22N4O5. The summed E-state index contributed by atoms with van der Waals surface area (Å²) in [6.07, 6.45) is 4.47. The third-order valence-electron chi connectivity index (χ3n) is 4.18. The van der Waals surface area contributed by atoms with Gasteiger partial charge < -0.3 is 14.5 Å². The zero-order chi connectivity index (χ0) is 20.8. The largest absolute Gasteiger partial charge is 0.479 e. The third-order valence-corrected chi connectivity index (χ3v) is 4.18. The maximum atomic E-state index is 12.2. The van der Waals surface area contributed by atoms with Gasteiger partial charge in [-0.25, -0.2) is 0 Å². The van der Waals surface area contributed by atoms with Gasteiger partial charge in [0.05, 0.1) is 11.1 Å². The molecule has 29 heavy (non-hydrogen) atoms. The van der Waals surface area contributed by atoms with Gasteiger partial charge in [0.1, 0.15) is 12.4 Å². The first-order valence-electron chi connectivity index (χ1n) is 9.16. The molecule has 0 saturated carbocycles. The molecule has 0 aliphatic carbocycles. The molecule has 1 aromatic carbocycles. The van der Waals surface area contributed by atoms with E-state index in [4.69, 9.17) is 9.15 Å². The Kier molecular flexibility index (Phi) is 6.28. The van der Waals surface area contributed by atoms with E-state index in [1.54, 1.807) is 37.4 Å². The van der Waals surface area contributed by atoms with Gasteiger partial charge in [-0.15, -0.1) is 0 Å². The lowest BCUT2D eigenvalue weighted by molar-refractivity contribution is -0.386. The fraction of sp³-hybridized carbons (Fsp3) is 0.300. The topological polar surface area (TPSA) is 112 Å². The zero-order valence-electron chi connectivity index (χ0n) is 16.3. The molecule has 0 atom stereocenters. The molecule has 0 unspecified atom stereocenters. The Morgan fingerprint density at radius 3 is 2.83 bits per heavy atom. The summed E-state index contributed by atoms with van der Waals surface area (Å²) in [7, 11) is 0. The number of nitro benzene ring substituents is 1. The summed E-state index contributed by atoms with van der Waals surface area (Å²) < 4.78 is 12.8. The number of amides is 1. The van der Waals surface area contributed by atoms with E-state index in [1.807, 2.05) is 17.8 Å². The summed E-state index contributed by atoms with van der Waals surface area (Å²) >= 11 is 0. The molecule has 0 radical (unpaired) electrons. The van der Waals surface area contributed by atoms with E-state index >= 15 is 0 Å². The molecule has 1 amide bonds. The number of benzene rings is 1. The number of nitrogens with one attached hydrogen (secondary N) is 1. The molecule has 9 nitrogen and oxygen atoms in total. The Morgan fingerprint density at radius 1 is 1.28 bits per heavy atom. The minimum atomic E-state index is -0.492. The van der Waals surface area contributed by atoms with E-state index in [1.165, 1.54) is 6.07 Å². The van der Waals surface area contributed by atoms with Crippen LogP contribution in [0.4, 0.5) is 5.69 Å². The number of carbonyl (C=O) groups is 1. The number of ether oxygens (including phenoxy) is 1. The van der Waals surface area contributed by atoms with Crippen molar-refractivity contribution in [2.24, 2.45) is 0 Å². The molecule has 0 aliphatic rings. The van der Waals surface area contributed by atoms with E-state index < -0.39 is 4.92 Å². The Morgan fingerprint density at radius 2 is 2.10 bits per heavy atom. The van der Waals surface area contributed by atoms with Crippen LogP contribution in [0.5, 0.6) is 5.75 Å². The van der Waals surface area contributed by atoms with Crippen molar-refractivity contribution in [1.29, 1.82) is 0 Å². The number of hydrogen-bond donors (Lipinski definition) is 1. The van der Waals surface area contributed by atoms with Gasteiger partial charge in [0.15, 0.2) is 11.5 Å². The number of furan rings is 1. The number of carbonyl (C=O) groups excluding carboxylic acids is 1. The highest BCUT2D eigenvalue weighted by Gasteiger charge is 2.16. The van der Waals surface area contributed by atoms with Crippen molar-refractivity contribution in [2.45, 2.75) is 33.4 Å². The van der Waals surface area contributed by atoms with Crippen molar-refractivity contribution in [3.05, 3.63) is 75.5 Å². The van der Waals surface area contributed by atoms with Crippen molar-refractivity contribution in [2.75, 3.05) is 6.54 Å². The maximum Gasteiger partial charge on any atom is 0.311 e. The highest BCUT2D eigenvalue weighted by molar-refractivity contribution is 5.91. The molecule has 2 heterocycles. The lowest BCUT2D eigenvalue weighted by Crippen LogP contribution is -2.24. The van der Waals surface area contributed by atoms with Crippen LogP contribution in [0.15, 0.2) is 47.1 Å². The van der Waals surface area contributed by atoms with Gasteiger partial charge in [0, 0.05) is 25.4 Å². The van der Waals surface area contributed by atoms with Gasteiger partial charge in [-0.2, -0.15) is 5.10 Å². The van der Waals surface area contributed by atoms with Crippen LogP contribution >= 0.6 is 0 Å². The summed E-state index contributed by atoms with van der Waals surface area (Å²) in [6, 6.07) is 7.88. The highest BCUT2D eigenvalue weighted by Crippen LogP contribution is 2.28. The molecule has 0 fully saturated rings. The van der Waals surface area contributed by atoms with E-state index in [-0.39, 0.29) is 29.7 Å². The van der Waals surface area contributed by atoms with Gasteiger partial charge >= 0.3 is 5.69 Å². The van der Waals surface area contributed by atoms with Crippen LogP contribution < -0.4 is 10.1 Å². The second-order valence-electron chi connectivity index (χ2n) is 6.67. The molecule has 152 valence electrons. The van der Waals surface area contributed by atoms with Crippen LogP contribution in [0.1, 0.15) is 33.9 Å². The van der Waals surface area contributed by atoms with Crippen LogP contribution in [-0.2, 0) is 13.2 Å². The van der Waals surface area contributed by atoms with Crippen molar-refractivity contribution in [3.63, 3.8) is 0 Å². The lowest BCUT2D eigenvalue weighted by Gasteiger charge is -2.06. The maximum absolute atomic E-state index is 12.2. The van der Waals surface area contributed by atoms with Gasteiger partial charge in [-0.3, -0.25) is 19.6 Å². The molecular weight excluding hydrogens is 376 g/mol. The van der Waals surface area contributed by atoms with Crippen LogP contribution in [0, 0.1) is 24.0 Å². The normalized spacial score (nSPS) is 10.7. The SMILES string of the molecule is Cc1ccc(OCc2ccc(C(=O)NCCCn3cc(C)cn3)o2)c([N+](=O)[O-])c1. The van der Waals surface area contributed by atoms with Crippen LogP contribution in [0.2, 0.25) is 0 Å². The molecule has 2 aromatic heterocycles. The third kappa shape index (κ3) is 5.44. The number of aryl methyl sites for hydroxylation is 3. The van der Waals surface area contributed by atoms with Crippen LogP contribution in [0.25, 0.3) is 0 Å². The van der Waals surface area contributed by atoms with Crippen LogP contribution in [0.3, 0.4) is 0 Å². The minimum absolute atomic E-state index is 0.0180. The number of aromatic nitrogens is 2. The Bertz CT molecular complexity index is 1010. The highest BCUT2D eigenvalue weighted by atomic mass is 16.6. The molecule has 3 rings (SSSR count). The molecule has 0 bridgehead atoms. The average molecular weight is 398 g/mol. The predicted octanol–water partition coefficient (Wildman–Crippen LogP) is 3.40. The van der Waals surface area contributed by atoms with Crippen LogP contribution in [-0.4, -0.2) is 27.2 Å². The number of nitro groups is 1. The first-order chi connectivity index (χ1) is 13.9.